The third-order valence-electron chi connectivity index (χ3n) is 5.92. The number of anilines is 2. The molecule has 3 rings (SSSR count). The van der Waals surface area contributed by atoms with Crippen LogP contribution in [0.3, 0.4) is 0 Å². The van der Waals surface area contributed by atoms with E-state index in [9.17, 15) is 53.5 Å². The van der Waals surface area contributed by atoms with Gasteiger partial charge in [0.2, 0.25) is 0 Å². The van der Waals surface area contributed by atoms with E-state index in [1.807, 2.05) is 6.07 Å². The van der Waals surface area contributed by atoms with Gasteiger partial charge in [0.1, 0.15) is 0 Å². The van der Waals surface area contributed by atoms with Gasteiger partial charge in [0, 0.05) is 29.4 Å². The van der Waals surface area contributed by atoms with Crippen molar-refractivity contribution >= 4 is 46.1 Å². The van der Waals surface area contributed by atoms with Crippen LogP contribution in [-0.4, -0.2) is 31.2 Å². The van der Waals surface area contributed by atoms with Crippen LogP contribution in [0.1, 0.15) is 37.4 Å². The third kappa shape index (κ3) is 6.15. The molecule has 0 atom stereocenters. The van der Waals surface area contributed by atoms with Crippen molar-refractivity contribution in [2.75, 3.05) is 15.1 Å². The normalized spacial score (nSPS) is 12.5. The predicted molar refractivity (Wildman–Crippen MR) is 138 cm³/mol. The summed E-state index contributed by atoms with van der Waals surface area (Å²) >= 11 is 1.06. The van der Waals surface area contributed by atoms with E-state index in [4.69, 9.17) is 5.26 Å². The molecule has 16 heteroatoms. The molecule has 0 bridgehead atoms. The number of amides is 2. The van der Waals surface area contributed by atoms with Crippen molar-refractivity contribution in [2.45, 2.75) is 24.2 Å². The number of hydrogen-bond acceptors (Lipinski definition) is 3. The Labute approximate surface area is 244 Å². The highest BCUT2D eigenvalue weighted by Gasteiger charge is 2.73. The standard InChI is InChI=1S/C26H14F10IN3O2/c1-39(21(41)15-7-5-14(13-38)6-8-15)18-4-2-3-16(11-18)22(42)40(37)20-10-9-17(12-19(20)24(28,29)30)23(27,25(31,32)33)26(34,35)36/h2-12H,1H3. The van der Waals surface area contributed by atoms with E-state index in [0.29, 0.717) is 0 Å². The van der Waals surface area contributed by atoms with Gasteiger partial charge < -0.3 is 4.90 Å². The average molecular weight is 717 g/mol. The molecular formula is C26H14F10IN3O2. The highest BCUT2D eigenvalue weighted by molar-refractivity contribution is 14.1. The average Bonchev–Trinajstić information content (AvgIpc) is 2.93. The van der Waals surface area contributed by atoms with Gasteiger partial charge in [0.05, 0.1) is 45.7 Å². The van der Waals surface area contributed by atoms with E-state index in [1.54, 1.807) is 0 Å². The van der Waals surface area contributed by atoms with E-state index in [0.717, 1.165) is 39.9 Å². The van der Waals surface area contributed by atoms with Crippen molar-refractivity contribution < 1.29 is 53.5 Å². The van der Waals surface area contributed by atoms with Crippen LogP contribution in [0.5, 0.6) is 0 Å². The van der Waals surface area contributed by atoms with Crippen molar-refractivity contribution in [3.8, 4) is 6.07 Å². The van der Waals surface area contributed by atoms with Crippen molar-refractivity contribution in [3.05, 3.63) is 94.5 Å². The van der Waals surface area contributed by atoms with Crippen LogP contribution in [0.25, 0.3) is 0 Å². The molecule has 0 saturated heterocycles. The molecule has 0 heterocycles. The molecule has 222 valence electrons. The SMILES string of the molecule is CN(C(=O)c1ccc(C#N)cc1)c1cccc(C(=O)N(I)c2ccc(C(F)(C(F)(F)F)C(F)(F)F)cc2C(F)(F)F)c1. The molecule has 5 nitrogen and oxygen atoms in total. The maximum absolute atomic E-state index is 14.5. The molecule has 0 saturated carbocycles. The summed E-state index contributed by atoms with van der Waals surface area (Å²) in [7, 11) is 1.32. The number of carbonyl (C=O) groups excluding carboxylic acids is 2. The summed E-state index contributed by atoms with van der Waals surface area (Å²) in [5, 5.41) is 8.89. The van der Waals surface area contributed by atoms with Gasteiger partial charge in [-0.3, -0.25) is 9.59 Å². The Bertz CT molecular complexity index is 1530. The summed E-state index contributed by atoms with van der Waals surface area (Å²) in [5.41, 5.74) is -11.6. The summed E-state index contributed by atoms with van der Waals surface area (Å²) in [5.74, 6) is -1.79. The molecule has 42 heavy (non-hydrogen) atoms. The summed E-state index contributed by atoms with van der Waals surface area (Å²) in [6.45, 7) is 0. The molecule has 0 fully saturated rings. The maximum atomic E-state index is 14.5. The number of nitriles is 1. The van der Waals surface area contributed by atoms with Crippen LogP contribution in [-0.2, 0) is 11.8 Å². The largest absolute Gasteiger partial charge is 0.435 e. The minimum atomic E-state index is -6.66. The van der Waals surface area contributed by atoms with E-state index in [-0.39, 0.29) is 37.6 Å². The Balaban J connectivity index is 2.01. The van der Waals surface area contributed by atoms with E-state index in [1.165, 1.54) is 43.4 Å². The molecule has 0 N–H and O–H groups in total. The van der Waals surface area contributed by atoms with Gasteiger partial charge >= 0.3 is 24.2 Å². The zero-order valence-corrected chi connectivity index (χ0v) is 22.8. The lowest BCUT2D eigenvalue weighted by Gasteiger charge is -2.31. The monoisotopic (exact) mass is 717 g/mol. The van der Waals surface area contributed by atoms with Crippen molar-refractivity contribution in [1.82, 2.24) is 0 Å². The van der Waals surface area contributed by atoms with E-state index < -0.39 is 58.9 Å². The van der Waals surface area contributed by atoms with E-state index in [2.05, 4.69) is 0 Å². The fourth-order valence-corrected chi connectivity index (χ4v) is 4.40. The lowest BCUT2D eigenvalue weighted by Crippen LogP contribution is -2.50. The molecule has 0 unspecified atom stereocenters. The van der Waals surface area contributed by atoms with E-state index >= 15 is 0 Å². The molecule has 0 spiro atoms. The van der Waals surface area contributed by atoms with Crippen molar-refractivity contribution in [2.24, 2.45) is 0 Å². The van der Waals surface area contributed by atoms with Crippen molar-refractivity contribution in [1.29, 1.82) is 5.26 Å². The first kappa shape index (κ1) is 32.6. The van der Waals surface area contributed by atoms with Crippen LogP contribution >= 0.6 is 22.9 Å². The number of halogens is 11. The number of hydrogen-bond donors (Lipinski definition) is 0. The highest BCUT2D eigenvalue weighted by atomic mass is 127. The second-order valence-corrected chi connectivity index (χ2v) is 9.54. The Kier molecular flexibility index (Phi) is 8.87. The molecule has 0 radical (unpaired) electrons. The van der Waals surface area contributed by atoms with Gasteiger partial charge in [-0.15, -0.1) is 0 Å². The van der Waals surface area contributed by atoms with Gasteiger partial charge in [0.25, 0.3) is 11.8 Å². The summed E-state index contributed by atoms with van der Waals surface area (Å²) in [6.07, 6.45) is -18.9. The molecule has 0 aliphatic heterocycles. The van der Waals surface area contributed by atoms with Crippen LogP contribution in [0.2, 0.25) is 0 Å². The highest BCUT2D eigenvalue weighted by Crippen LogP contribution is 2.54. The minimum absolute atomic E-state index is 0.0870. The number of nitrogens with zero attached hydrogens (tertiary/aromatic N) is 3. The third-order valence-corrected chi connectivity index (χ3v) is 6.87. The Morgan fingerprint density at radius 1 is 0.762 bits per heavy atom. The topological polar surface area (TPSA) is 64.4 Å². The molecule has 0 aliphatic carbocycles. The first-order chi connectivity index (χ1) is 19.2. The zero-order chi connectivity index (χ0) is 31.8. The maximum Gasteiger partial charge on any atom is 0.435 e. The fraction of sp³-hybridized carbons (Fsp3) is 0.192. The van der Waals surface area contributed by atoms with Gasteiger partial charge in [-0.05, 0) is 54.6 Å². The van der Waals surface area contributed by atoms with Gasteiger partial charge in [-0.1, -0.05) is 12.1 Å². The quantitative estimate of drug-likeness (QED) is 0.152. The second kappa shape index (κ2) is 11.4. The zero-order valence-electron chi connectivity index (χ0n) is 20.7. The Morgan fingerprint density at radius 2 is 1.33 bits per heavy atom. The van der Waals surface area contributed by atoms with Gasteiger partial charge in [-0.2, -0.15) is 44.8 Å². The van der Waals surface area contributed by atoms with Gasteiger partial charge in [-0.25, -0.2) is 7.50 Å². The number of alkyl halides is 10. The predicted octanol–water partition coefficient (Wildman–Crippen LogP) is 8.14. The molecule has 0 aromatic heterocycles. The van der Waals surface area contributed by atoms with Crippen LogP contribution in [0.4, 0.5) is 55.3 Å². The number of rotatable bonds is 5. The molecule has 3 aromatic carbocycles. The summed E-state index contributed by atoms with van der Waals surface area (Å²) < 4.78 is 135. The van der Waals surface area contributed by atoms with Crippen molar-refractivity contribution in [3.63, 3.8) is 0 Å². The van der Waals surface area contributed by atoms with Crippen LogP contribution in [0, 0.1) is 11.3 Å². The minimum Gasteiger partial charge on any atom is -0.311 e. The first-order valence-electron chi connectivity index (χ1n) is 11.2. The summed E-state index contributed by atoms with van der Waals surface area (Å²) in [6, 6.07) is 11.6. The molecular weight excluding hydrogens is 703 g/mol. The Hall–Kier alpha value is -3.88. The van der Waals surface area contributed by atoms with Crippen LogP contribution < -0.4 is 8.01 Å². The lowest BCUT2D eigenvalue weighted by molar-refractivity contribution is -0.348. The number of benzene rings is 3. The fourth-order valence-electron chi connectivity index (χ4n) is 3.71. The van der Waals surface area contributed by atoms with Crippen LogP contribution in [0.15, 0.2) is 66.7 Å². The number of carbonyl (C=O) groups is 2. The summed E-state index contributed by atoms with van der Waals surface area (Å²) in [4.78, 5) is 27.0. The molecule has 2 amide bonds. The smallest absolute Gasteiger partial charge is 0.311 e. The molecule has 0 aliphatic rings. The molecule has 3 aromatic rings. The lowest BCUT2D eigenvalue weighted by atomic mass is 9.92. The Morgan fingerprint density at radius 3 is 1.83 bits per heavy atom. The van der Waals surface area contributed by atoms with Gasteiger partial charge in [0.15, 0.2) is 0 Å². The second-order valence-electron chi connectivity index (χ2n) is 8.57. The first-order valence-corrected chi connectivity index (χ1v) is 12.1.